The van der Waals surface area contributed by atoms with Crippen LogP contribution in [-0.2, 0) is 4.79 Å². The van der Waals surface area contributed by atoms with Crippen LogP contribution in [0.1, 0.15) is 20.3 Å². The highest BCUT2D eigenvalue weighted by atomic mass is 16.4. The van der Waals surface area contributed by atoms with Gasteiger partial charge in [-0.25, -0.2) is 4.79 Å². The van der Waals surface area contributed by atoms with E-state index in [-0.39, 0.29) is 31.4 Å². The summed E-state index contributed by atoms with van der Waals surface area (Å²) in [6.07, 6.45) is -0.0962. The summed E-state index contributed by atoms with van der Waals surface area (Å²) in [5.41, 5.74) is 0. The molecule has 0 aromatic carbocycles. The summed E-state index contributed by atoms with van der Waals surface area (Å²) in [6, 6.07) is -0.402. The van der Waals surface area contributed by atoms with E-state index in [0.717, 1.165) is 0 Å². The monoisotopic (exact) mass is 232 g/mol. The Labute approximate surface area is 95.0 Å². The van der Waals surface area contributed by atoms with E-state index in [2.05, 4.69) is 10.6 Å². The Hall–Kier alpha value is -1.30. The van der Waals surface area contributed by atoms with Crippen LogP contribution in [0.3, 0.4) is 0 Å². The Morgan fingerprint density at radius 3 is 2.31 bits per heavy atom. The first kappa shape index (κ1) is 14.7. The van der Waals surface area contributed by atoms with Crippen molar-refractivity contribution in [2.75, 3.05) is 19.7 Å². The second kappa shape index (κ2) is 7.92. The van der Waals surface area contributed by atoms with Gasteiger partial charge in [-0.1, -0.05) is 13.8 Å². The third-order valence-electron chi connectivity index (χ3n) is 2.33. The van der Waals surface area contributed by atoms with Gasteiger partial charge in [-0.15, -0.1) is 0 Å². The van der Waals surface area contributed by atoms with Gasteiger partial charge in [-0.05, 0) is 5.92 Å². The van der Waals surface area contributed by atoms with Gasteiger partial charge < -0.3 is 20.8 Å². The van der Waals surface area contributed by atoms with Crippen molar-refractivity contribution in [3.05, 3.63) is 0 Å². The van der Waals surface area contributed by atoms with Crippen LogP contribution in [0.25, 0.3) is 0 Å². The fourth-order valence-electron chi connectivity index (χ4n) is 1.08. The molecule has 0 aromatic heterocycles. The number of rotatable bonds is 7. The molecule has 0 radical (unpaired) electrons. The van der Waals surface area contributed by atoms with Crippen LogP contribution in [0.4, 0.5) is 4.79 Å². The molecule has 0 fully saturated rings. The normalized spacial score (nSPS) is 12.2. The molecular formula is C10H20N2O4. The minimum absolute atomic E-state index is 0.0187. The van der Waals surface area contributed by atoms with Crippen LogP contribution in [0.15, 0.2) is 0 Å². The Morgan fingerprint density at radius 1 is 1.25 bits per heavy atom. The van der Waals surface area contributed by atoms with Gasteiger partial charge in [0, 0.05) is 25.6 Å². The maximum atomic E-state index is 11.2. The van der Waals surface area contributed by atoms with Crippen molar-refractivity contribution in [3.8, 4) is 0 Å². The van der Waals surface area contributed by atoms with Crippen LogP contribution < -0.4 is 10.6 Å². The second-order valence-electron chi connectivity index (χ2n) is 3.97. The molecule has 2 amide bonds. The van der Waals surface area contributed by atoms with Crippen molar-refractivity contribution < 1.29 is 19.8 Å². The highest BCUT2D eigenvalue weighted by Gasteiger charge is 2.13. The molecule has 0 aliphatic rings. The average molecular weight is 232 g/mol. The number of hydrogen-bond acceptors (Lipinski definition) is 3. The molecular weight excluding hydrogens is 212 g/mol. The predicted octanol–water partition coefficient (Wildman–Crippen LogP) is 0.0248. The molecule has 0 aliphatic carbocycles. The Bertz CT molecular complexity index is 231. The van der Waals surface area contributed by atoms with Gasteiger partial charge in [0.1, 0.15) is 0 Å². The molecule has 0 bridgehead atoms. The zero-order valence-electron chi connectivity index (χ0n) is 9.69. The van der Waals surface area contributed by atoms with Crippen LogP contribution in [-0.4, -0.2) is 41.9 Å². The van der Waals surface area contributed by atoms with E-state index in [9.17, 15) is 9.59 Å². The van der Waals surface area contributed by atoms with Crippen molar-refractivity contribution in [1.29, 1.82) is 0 Å². The zero-order valence-corrected chi connectivity index (χ0v) is 9.69. The molecule has 0 rings (SSSR count). The Kier molecular flexibility index (Phi) is 7.28. The lowest BCUT2D eigenvalue weighted by molar-refractivity contribution is -0.136. The predicted molar refractivity (Wildman–Crippen MR) is 59.1 cm³/mol. The number of aliphatic hydroxyl groups excluding tert-OH is 1. The number of urea groups is 1. The third kappa shape index (κ3) is 7.05. The van der Waals surface area contributed by atoms with Gasteiger partial charge in [-0.3, -0.25) is 4.79 Å². The molecule has 94 valence electrons. The molecule has 0 saturated carbocycles. The summed E-state index contributed by atoms with van der Waals surface area (Å²) in [5.74, 6) is -0.648. The van der Waals surface area contributed by atoms with E-state index in [1.165, 1.54) is 0 Å². The average Bonchev–Trinajstić information content (AvgIpc) is 2.17. The van der Waals surface area contributed by atoms with Crippen LogP contribution in [0, 0.1) is 11.8 Å². The summed E-state index contributed by atoms with van der Waals surface area (Å²) >= 11 is 0. The SMILES string of the molecule is CC(C)C(CO)CNC(=O)NCCC(=O)O. The van der Waals surface area contributed by atoms with Crippen molar-refractivity contribution in [3.63, 3.8) is 0 Å². The quantitative estimate of drug-likeness (QED) is 0.497. The second-order valence-corrected chi connectivity index (χ2v) is 3.97. The number of carbonyl (C=O) groups is 2. The number of carbonyl (C=O) groups excluding carboxylic acids is 1. The van der Waals surface area contributed by atoms with Gasteiger partial charge in [0.25, 0.3) is 0 Å². The molecule has 0 saturated heterocycles. The standard InChI is InChI=1S/C10H20N2O4/c1-7(2)8(6-13)5-12-10(16)11-4-3-9(14)15/h7-8,13H,3-6H2,1-2H3,(H,14,15)(H2,11,12,16). The van der Waals surface area contributed by atoms with Gasteiger partial charge in [0.05, 0.1) is 6.42 Å². The number of carboxylic acid groups (broad SMARTS) is 1. The molecule has 6 heteroatoms. The van der Waals surface area contributed by atoms with E-state index >= 15 is 0 Å². The first-order valence-corrected chi connectivity index (χ1v) is 5.31. The number of nitrogens with one attached hydrogen (secondary N) is 2. The van der Waals surface area contributed by atoms with E-state index in [1.54, 1.807) is 0 Å². The minimum Gasteiger partial charge on any atom is -0.481 e. The maximum Gasteiger partial charge on any atom is 0.314 e. The highest BCUT2D eigenvalue weighted by molar-refractivity contribution is 5.74. The largest absolute Gasteiger partial charge is 0.481 e. The summed E-state index contributed by atoms with van der Waals surface area (Å²) in [6.45, 7) is 4.43. The lowest BCUT2D eigenvalue weighted by Gasteiger charge is -2.18. The smallest absolute Gasteiger partial charge is 0.314 e. The fraction of sp³-hybridized carbons (Fsp3) is 0.800. The first-order valence-electron chi connectivity index (χ1n) is 5.31. The molecule has 0 aromatic rings. The lowest BCUT2D eigenvalue weighted by Crippen LogP contribution is -2.40. The van der Waals surface area contributed by atoms with Crippen LogP contribution >= 0.6 is 0 Å². The topological polar surface area (TPSA) is 98.7 Å². The van der Waals surface area contributed by atoms with Gasteiger partial charge in [-0.2, -0.15) is 0 Å². The molecule has 16 heavy (non-hydrogen) atoms. The summed E-state index contributed by atoms with van der Waals surface area (Å²) < 4.78 is 0. The molecule has 0 heterocycles. The molecule has 6 nitrogen and oxygen atoms in total. The van der Waals surface area contributed by atoms with E-state index < -0.39 is 12.0 Å². The Morgan fingerprint density at radius 2 is 1.88 bits per heavy atom. The minimum atomic E-state index is -0.948. The van der Waals surface area contributed by atoms with Crippen molar-refractivity contribution in [1.82, 2.24) is 10.6 Å². The van der Waals surface area contributed by atoms with Crippen molar-refractivity contribution >= 4 is 12.0 Å². The number of aliphatic carboxylic acids is 1. The number of amides is 2. The molecule has 1 atom stereocenters. The lowest BCUT2D eigenvalue weighted by atomic mass is 9.97. The Balaban J connectivity index is 3.67. The summed E-state index contributed by atoms with van der Waals surface area (Å²) in [7, 11) is 0. The van der Waals surface area contributed by atoms with Crippen LogP contribution in [0.5, 0.6) is 0 Å². The van der Waals surface area contributed by atoms with E-state index in [0.29, 0.717) is 6.54 Å². The highest BCUT2D eigenvalue weighted by Crippen LogP contribution is 2.07. The van der Waals surface area contributed by atoms with Gasteiger partial charge >= 0.3 is 12.0 Å². The van der Waals surface area contributed by atoms with E-state index in [1.807, 2.05) is 13.8 Å². The summed E-state index contributed by atoms with van der Waals surface area (Å²) in [5, 5.41) is 22.4. The molecule has 1 unspecified atom stereocenters. The van der Waals surface area contributed by atoms with Crippen molar-refractivity contribution in [2.24, 2.45) is 11.8 Å². The first-order chi connectivity index (χ1) is 7.47. The molecule has 4 N–H and O–H groups in total. The van der Waals surface area contributed by atoms with E-state index in [4.69, 9.17) is 10.2 Å². The number of aliphatic hydroxyl groups is 1. The van der Waals surface area contributed by atoms with Gasteiger partial charge in [0.15, 0.2) is 0 Å². The third-order valence-corrected chi connectivity index (χ3v) is 2.33. The number of hydrogen-bond donors (Lipinski definition) is 4. The maximum absolute atomic E-state index is 11.2. The number of carboxylic acids is 1. The van der Waals surface area contributed by atoms with Crippen molar-refractivity contribution in [2.45, 2.75) is 20.3 Å². The van der Waals surface area contributed by atoms with Gasteiger partial charge in [0.2, 0.25) is 0 Å². The van der Waals surface area contributed by atoms with Crippen LogP contribution in [0.2, 0.25) is 0 Å². The molecule has 0 aliphatic heterocycles. The summed E-state index contributed by atoms with van der Waals surface area (Å²) in [4.78, 5) is 21.3. The fourth-order valence-corrected chi connectivity index (χ4v) is 1.08. The molecule has 0 spiro atoms. The zero-order chi connectivity index (χ0) is 12.6.